The monoisotopic (exact) mass is 396 g/mol. The third-order valence-electron chi connectivity index (χ3n) is 3.87. The van der Waals surface area contributed by atoms with Gasteiger partial charge in [-0.1, -0.05) is 35.9 Å². The first-order chi connectivity index (χ1) is 13.1. The summed E-state index contributed by atoms with van der Waals surface area (Å²) in [5.41, 5.74) is 2.98. The molecule has 0 bridgehead atoms. The number of hydrogen-bond acceptors (Lipinski definition) is 6. The Bertz CT molecular complexity index is 1110. The molecule has 2 heterocycles. The number of hydrogen-bond donors (Lipinski definition) is 1. The Hall–Kier alpha value is -3.10. The van der Waals surface area contributed by atoms with Gasteiger partial charge in [-0.05, 0) is 34.7 Å². The molecule has 1 amide bonds. The van der Waals surface area contributed by atoms with Crippen molar-refractivity contribution in [3.05, 3.63) is 64.5 Å². The fraction of sp³-hybridized carbons (Fsp3) is 0.0556. The van der Waals surface area contributed by atoms with Crippen LogP contribution in [0.4, 0.5) is 5.13 Å². The maximum absolute atomic E-state index is 12.6. The molecule has 0 unspecified atom stereocenters. The van der Waals surface area contributed by atoms with Gasteiger partial charge in [-0.25, -0.2) is 9.67 Å². The fourth-order valence-electron chi connectivity index (χ4n) is 2.53. The summed E-state index contributed by atoms with van der Waals surface area (Å²) in [4.78, 5) is 17.1. The summed E-state index contributed by atoms with van der Waals surface area (Å²) in [5.74, 6) is 0.341. The molecule has 9 heteroatoms. The molecule has 2 aromatic heterocycles. The highest BCUT2D eigenvalue weighted by atomic mass is 35.5. The summed E-state index contributed by atoms with van der Waals surface area (Å²) in [6, 6.07) is 14.5. The molecular formula is C18H13ClN6OS. The zero-order valence-corrected chi connectivity index (χ0v) is 15.7. The van der Waals surface area contributed by atoms with Crippen molar-refractivity contribution in [2.75, 3.05) is 5.32 Å². The summed E-state index contributed by atoms with van der Waals surface area (Å²) in [6.45, 7) is 0. The largest absolute Gasteiger partial charge is 0.298 e. The van der Waals surface area contributed by atoms with Crippen LogP contribution in [0.15, 0.2) is 53.9 Å². The number of amides is 1. The van der Waals surface area contributed by atoms with Crippen LogP contribution in [0.1, 0.15) is 10.4 Å². The number of carbonyl (C=O) groups is 1. The van der Waals surface area contributed by atoms with Crippen molar-refractivity contribution in [1.29, 1.82) is 0 Å². The Labute approximate surface area is 163 Å². The van der Waals surface area contributed by atoms with E-state index in [2.05, 4.69) is 25.8 Å². The predicted octanol–water partition coefficient (Wildman–Crippen LogP) is 3.91. The molecule has 0 radical (unpaired) electrons. The molecule has 0 spiro atoms. The van der Waals surface area contributed by atoms with Gasteiger partial charge in [-0.3, -0.25) is 10.1 Å². The molecule has 7 nitrogen and oxygen atoms in total. The normalized spacial score (nSPS) is 10.7. The van der Waals surface area contributed by atoms with Crippen LogP contribution in [0.2, 0.25) is 5.02 Å². The van der Waals surface area contributed by atoms with Crippen molar-refractivity contribution < 1.29 is 4.79 Å². The highest BCUT2D eigenvalue weighted by molar-refractivity contribution is 7.14. The molecule has 0 aliphatic heterocycles. The van der Waals surface area contributed by atoms with Crippen molar-refractivity contribution in [2.24, 2.45) is 7.05 Å². The van der Waals surface area contributed by atoms with E-state index in [4.69, 9.17) is 11.6 Å². The molecule has 4 aromatic rings. The molecule has 0 aliphatic carbocycles. The van der Waals surface area contributed by atoms with Gasteiger partial charge in [-0.15, -0.1) is 16.4 Å². The number of anilines is 1. The quantitative estimate of drug-likeness (QED) is 0.565. The average molecular weight is 397 g/mol. The van der Waals surface area contributed by atoms with E-state index in [0.29, 0.717) is 21.5 Å². The lowest BCUT2D eigenvalue weighted by atomic mass is 10.1. The topological polar surface area (TPSA) is 85.6 Å². The third kappa shape index (κ3) is 3.71. The standard InChI is InChI=1S/C18H13ClN6OS/c1-25-16(22-23-24-25)12-3-2-4-13(9-12)17(26)21-18-20-15(10-27-18)11-5-7-14(19)8-6-11/h2-10H,1H3,(H,20,21,26). The minimum absolute atomic E-state index is 0.246. The van der Waals surface area contributed by atoms with Crippen molar-refractivity contribution in [3.8, 4) is 22.6 Å². The van der Waals surface area contributed by atoms with Crippen LogP contribution in [0, 0.1) is 0 Å². The van der Waals surface area contributed by atoms with Gasteiger partial charge in [0, 0.05) is 34.1 Å². The Kier molecular flexibility index (Phi) is 4.66. The van der Waals surface area contributed by atoms with Crippen LogP contribution >= 0.6 is 22.9 Å². The van der Waals surface area contributed by atoms with Crippen LogP contribution in [0.5, 0.6) is 0 Å². The summed E-state index contributed by atoms with van der Waals surface area (Å²) < 4.78 is 1.55. The second kappa shape index (κ2) is 7.26. The number of rotatable bonds is 4. The Balaban J connectivity index is 1.53. The lowest BCUT2D eigenvalue weighted by Crippen LogP contribution is -2.11. The number of nitrogens with zero attached hydrogens (tertiary/aromatic N) is 5. The number of aromatic nitrogens is 5. The lowest BCUT2D eigenvalue weighted by molar-refractivity contribution is 0.102. The molecule has 134 valence electrons. The minimum Gasteiger partial charge on any atom is -0.298 e. The smallest absolute Gasteiger partial charge is 0.257 e. The highest BCUT2D eigenvalue weighted by Gasteiger charge is 2.13. The van der Waals surface area contributed by atoms with E-state index >= 15 is 0 Å². The first kappa shape index (κ1) is 17.3. The zero-order valence-electron chi connectivity index (χ0n) is 14.1. The van der Waals surface area contributed by atoms with E-state index in [1.807, 2.05) is 23.6 Å². The predicted molar refractivity (Wildman–Crippen MR) is 105 cm³/mol. The van der Waals surface area contributed by atoms with Gasteiger partial charge in [0.05, 0.1) is 5.69 Å². The van der Waals surface area contributed by atoms with Gasteiger partial charge in [0.2, 0.25) is 0 Å². The molecule has 4 rings (SSSR count). The molecule has 0 saturated heterocycles. The van der Waals surface area contributed by atoms with Gasteiger partial charge < -0.3 is 0 Å². The van der Waals surface area contributed by atoms with Crippen molar-refractivity contribution in [3.63, 3.8) is 0 Å². The van der Waals surface area contributed by atoms with E-state index < -0.39 is 0 Å². The highest BCUT2D eigenvalue weighted by Crippen LogP contribution is 2.26. The minimum atomic E-state index is -0.246. The van der Waals surface area contributed by atoms with E-state index in [0.717, 1.165) is 16.8 Å². The van der Waals surface area contributed by atoms with Crippen LogP contribution < -0.4 is 5.32 Å². The zero-order chi connectivity index (χ0) is 18.8. The van der Waals surface area contributed by atoms with Crippen LogP contribution in [0.3, 0.4) is 0 Å². The Morgan fingerprint density at radius 3 is 2.70 bits per heavy atom. The van der Waals surface area contributed by atoms with E-state index in [1.54, 1.807) is 42.1 Å². The van der Waals surface area contributed by atoms with Gasteiger partial charge >= 0.3 is 0 Å². The second-order valence-electron chi connectivity index (χ2n) is 5.71. The van der Waals surface area contributed by atoms with Gasteiger partial charge in [0.25, 0.3) is 5.91 Å². The number of aryl methyl sites for hydroxylation is 1. The SMILES string of the molecule is Cn1nnnc1-c1cccc(C(=O)Nc2nc(-c3ccc(Cl)cc3)cs2)c1. The van der Waals surface area contributed by atoms with Gasteiger partial charge in [0.1, 0.15) is 0 Å². The first-order valence-corrected chi connectivity index (χ1v) is 9.21. The van der Waals surface area contributed by atoms with Crippen molar-refractivity contribution in [2.45, 2.75) is 0 Å². The number of thiazole rings is 1. The number of nitrogens with one attached hydrogen (secondary N) is 1. The number of tetrazole rings is 1. The summed E-state index contributed by atoms with van der Waals surface area (Å²) >= 11 is 7.28. The van der Waals surface area contributed by atoms with Crippen LogP contribution in [0.25, 0.3) is 22.6 Å². The molecule has 0 saturated carbocycles. The lowest BCUT2D eigenvalue weighted by Gasteiger charge is -2.04. The maximum atomic E-state index is 12.6. The van der Waals surface area contributed by atoms with Crippen LogP contribution in [-0.4, -0.2) is 31.1 Å². The van der Waals surface area contributed by atoms with E-state index in [9.17, 15) is 4.79 Å². The summed E-state index contributed by atoms with van der Waals surface area (Å²) in [5, 5.41) is 17.3. The van der Waals surface area contributed by atoms with E-state index in [-0.39, 0.29) is 5.91 Å². The second-order valence-corrected chi connectivity index (χ2v) is 7.00. The fourth-order valence-corrected chi connectivity index (χ4v) is 3.37. The molecule has 0 aliphatic rings. The van der Waals surface area contributed by atoms with E-state index in [1.165, 1.54) is 11.3 Å². The number of halogens is 1. The third-order valence-corrected chi connectivity index (χ3v) is 4.88. The molecular weight excluding hydrogens is 384 g/mol. The Morgan fingerprint density at radius 2 is 1.96 bits per heavy atom. The summed E-state index contributed by atoms with van der Waals surface area (Å²) in [7, 11) is 1.75. The number of carbonyl (C=O) groups excluding carboxylic acids is 1. The number of benzene rings is 2. The Morgan fingerprint density at radius 1 is 1.15 bits per heavy atom. The molecule has 0 atom stereocenters. The van der Waals surface area contributed by atoms with Crippen LogP contribution in [-0.2, 0) is 7.05 Å². The van der Waals surface area contributed by atoms with Gasteiger partial charge in [0.15, 0.2) is 11.0 Å². The molecule has 2 aromatic carbocycles. The van der Waals surface area contributed by atoms with Crippen molar-refractivity contribution >= 4 is 34.0 Å². The molecule has 0 fully saturated rings. The maximum Gasteiger partial charge on any atom is 0.257 e. The van der Waals surface area contributed by atoms with Crippen molar-refractivity contribution in [1.82, 2.24) is 25.2 Å². The molecule has 1 N–H and O–H groups in total. The molecule has 27 heavy (non-hydrogen) atoms. The van der Waals surface area contributed by atoms with Gasteiger partial charge in [-0.2, -0.15) is 0 Å². The first-order valence-electron chi connectivity index (χ1n) is 7.96. The summed E-state index contributed by atoms with van der Waals surface area (Å²) in [6.07, 6.45) is 0. The average Bonchev–Trinajstić information content (AvgIpc) is 3.31.